The van der Waals surface area contributed by atoms with E-state index in [0.29, 0.717) is 5.75 Å². The molecule has 2 aromatic rings. The van der Waals surface area contributed by atoms with Gasteiger partial charge in [-0.2, -0.15) is 0 Å². The van der Waals surface area contributed by atoms with E-state index in [1.54, 1.807) is 13.2 Å². The Bertz CT molecular complexity index is 753. The second kappa shape index (κ2) is 6.25. The lowest BCUT2D eigenvalue weighted by molar-refractivity contribution is 0.0951. The fourth-order valence-corrected chi connectivity index (χ4v) is 3.30. The average Bonchev–Trinajstić information content (AvgIpc) is 2.95. The first-order chi connectivity index (χ1) is 9.91. The normalized spacial score (nSPS) is 11.1. The molecule has 0 fully saturated rings. The number of sulfonamides is 1. The number of carbonyl (C=O) groups is 1. The van der Waals surface area contributed by atoms with Gasteiger partial charge in [0.1, 0.15) is 9.96 Å². The molecule has 1 aromatic heterocycles. The van der Waals surface area contributed by atoms with Crippen LogP contribution < -0.4 is 15.2 Å². The monoisotopic (exact) mass is 326 g/mol. The Morgan fingerprint density at radius 1 is 1.38 bits per heavy atom. The number of amides is 1. The van der Waals surface area contributed by atoms with Crippen LogP contribution in [0.5, 0.6) is 5.75 Å². The molecule has 21 heavy (non-hydrogen) atoms. The van der Waals surface area contributed by atoms with Gasteiger partial charge in [0.05, 0.1) is 12.7 Å². The Labute approximate surface area is 126 Å². The van der Waals surface area contributed by atoms with Crippen LogP contribution in [-0.4, -0.2) is 21.4 Å². The predicted octanol–water partition coefficient (Wildman–Crippen LogP) is 1.33. The van der Waals surface area contributed by atoms with E-state index in [1.807, 2.05) is 18.2 Å². The Morgan fingerprint density at radius 3 is 2.71 bits per heavy atom. The van der Waals surface area contributed by atoms with E-state index in [9.17, 15) is 13.2 Å². The summed E-state index contributed by atoms with van der Waals surface area (Å²) in [6.07, 6.45) is 0. The molecule has 2 rings (SSSR count). The van der Waals surface area contributed by atoms with Gasteiger partial charge in [0.15, 0.2) is 0 Å². The van der Waals surface area contributed by atoms with Gasteiger partial charge in [-0.05, 0) is 12.1 Å². The molecule has 0 saturated carbocycles. The number of carbonyl (C=O) groups excluding carboxylic acids is 1. The van der Waals surface area contributed by atoms with Crippen molar-refractivity contribution in [2.75, 3.05) is 7.11 Å². The fraction of sp³-hybridized carbons (Fsp3) is 0.154. The number of benzene rings is 1. The SMILES string of the molecule is COc1ccccc1CNC(=O)c1csc(S(N)(=O)=O)c1. The van der Waals surface area contributed by atoms with Crippen molar-refractivity contribution in [1.29, 1.82) is 0 Å². The molecule has 6 nitrogen and oxygen atoms in total. The quantitative estimate of drug-likeness (QED) is 0.866. The first kappa shape index (κ1) is 15.5. The lowest BCUT2D eigenvalue weighted by Gasteiger charge is -2.08. The van der Waals surface area contributed by atoms with E-state index in [2.05, 4.69) is 5.32 Å². The highest BCUT2D eigenvalue weighted by Crippen LogP contribution is 2.20. The van der Waals surface area contributed by atoms with Crippen molar-refractivity contribution >= 4 is 27.3 Å². The number of methoxy groups -OCH3 is 1. The third-order valence-corrected chi connectivity index (χ3v) is 5.14. The van der Waals surface area contributed by atoms with Crippen LogP contribution in [-0.2, 0) is 16.6 Å². The van der Waals surface area contributed by atoms with Gasteiger partial charge in [-0.15, -0.1) is 11.3 Å². The van der Waals surface area contributed by atoms with E-state index < -0.39 is 10.0 Å². The van der Waals surface area contributed by atoms with Gasteiger partial charge in [-0.1, -0.05) is 18.2 Å². The predicted molar refractivity (Wildman–Crippen MR) is 79.9 cm³/mol. The van der Waals surface area contributed by atoms with Gasteiger partial charge in [-0.3, -0.25) is 4.79 Å². The van der Waals surface area contributed by atoms with Crippen LogP contribution >= 0.6 is 11.3 Å². The van der Waals surface area contributed by atoms with Crippen molar-refractivity contribution in [2.45, 2.75) is 10.8 Å². The minimum Gasteiger partial charge on any atom is -0.496 e. The molecule has 0 aliphatic heterocycles. The number of para-hydroxylation sites is 1. The van der Waals surface area contributed by atoms with Crippen LogP contribution in [0.2, 0.25) is 0 Å². The van der Waals surface area contributed by atoms with Crippen LogP contribution in [0.4, 0.5) is 0 Å². The minimum absolute atomic E-state index is 0.0371. The van der Waals surface area contributed by atoms with Crippen molar-refractivity contribution in [3.8, 4) is 5.75 Å². The van der Waals surface area contributed by atoms with Crippen molar-refractivity contribution in [3.05, 3.63) is 46.8 Å². The van der Waals surface area contributed by atoms with Gasteiger partial charge < -0.3 is 10.1 Å². The van der Waals surface area contributed by atoms with E-state index in [1.165, 1.54) is 11.4 Å². The number of hydrogen-bond donors (Lipinski definition) is 2. The minimum atomic E-state index is -3.77. The molecular weight excluding hydrogens is 312 g/mol. The summed E-state index contributed by atoms with van der Waals surface area (Å²) in [4.78, 5) is 12.0. The molecule has 1 amide bonds. The standard InChI is InChI=1S/C13H14N2O4S2/c1-19-11-5-3-2-4-9(11)7-15-13(16)10-6-12(20-8-10)21(14,17)18/h2-6,8H,7H2,1H3,(H,15,16)(H2,14,17,18). The highest BCUT2D eigenvalue weighted by Gasteiger charge is 2.15. The lowest BCUT2D eigenvalue weighted by atomic mass is 10.2. The summed E-state index contributed by atoms with van der Waals surface area (Å²) in [6, 6.07) is 8.57. The zero-order valence-corrected chi connectivity index (χ0v) is 12.8. The number of ether oxygens (including phenoxy) is 1. The van der Waals surface area contributed by atoms with Gasteiger partial charge in [-0.25, -0.2) is 13.6 Å². The van der Waals surface area contributed by atoms with Crippen LogP contribution in [0.15, 0.2) is 39.9 Å². The van der Waals surface area contributed by atoms with E-state index in [4.69, 9.17) is 9.88 Å². The third-order valence-electron chi connectivity index (χ3n) is 2.75. The number of nitrogens with one attached hydrogen (secondary N) is 1. The Balaban J connectivity index is 2.07. The van der Waals surface area contributed by atoms with Crippen molar-refractivity contribution in [1.82, 2.24) is 5.32 Å². The Morgan fingerprint density at radius 2 is 2.10 bits per heavy atom. The maximum Gasteiger partial charge on any atom is 0.252 e. The summed E-state index contributed by atoms with van der Waals surface area (Å²) in [7, 11) is -2.22. The largest absolute Gasteiger partial charge is 0.496 e. The summed E-state index contributed by atoms with van der Waals surface area (Å²) in [5.41, 5.74) is 1.09. The molecule has 8 heteroatoms. The van der Waals surface area contributed by atoms with Crippen molar-refractivity contribution in [2.24, 2.45) is 5.14 Å². The van der Waals surface area contributed by atoms with Gasteiger partial charge >= 0.3 is 0 Å². The molecule has 3 N–H and O–H groups in total. The van der Waals surface area contributed by atoms with Gasteiger partial charge in [0.2, 0.25) is 10.0 Å². The second-order valence-electron chi connectivity index (χ2n) is 4.19. The van der Waals surface area contributed by atoms with Gasteiger partial charge in [0, 0.05) is 17.5 Å². The topological polar surface area (TPSA) is 98.5 Å². The molecular formula is C13H14N2O4S2. The second-order valence-corrected chi connectivity index (χ2v) is 6.89. The molecule has 112 valence electrons. The van der Waals surface area contributed by atoms with Crippen LogP contribution in [0.25, 0.3) is 0 Å². The molecule has 0 saturated heterocycles. The first-order valence-corrected chi connectivity index (χ1v) is 8.36. The molecule has 0 bridgehead atoms. The molecule has 0 atom stereocenters. The summed E-state index contributed by atoms with van der Waals surface area (Å²) >= 11 is 0.916. The summed E-state index contributed by atoms with van der Waals surface area (Å²) in [6.45, 7) is 0.281. The first-order valence-electron chi connectivity index (χ1n) is 5.93. The third kappa shape index (κ3) is 3.81. The summed E-state index contributed by atoms with van der Waals surface area (Å²) < 4.78 is 27.5. The zero-order valence-electron chi connectivity index (χ0n) is 11.2. The number of primary sulfonamides is 1. The Hall–Kier alpha value is -1.90. The zero-order chi connectivity index (χ0) is 15.5. The van der Waals surface area contributed by atoms with Gasteiger partial charge in [0.25, 0.3) is 5.91 Å². The highest BCUT2D eigenvalue weighted by atomic mass is 32.2. The van der Waals surface area contributed by atoms with Crippen molar-refractivity contribution < 1.29 is 17.9 Å². The van der Waals surface area contributed by atoms with Crippen LogP contribution in [0.1, 0.15) is 15.9 Å². The number of rotatable bonds is 5. The fourth-order valence-electron chi connectivity index (χ4n) is 1.71. The van der Waals surface area contributed by atoms with E-state index in [-0.39, 0.29) is 22.2 Å². The summed E-state index contributed by atoms with van der Waals surface area (Å²) in [5, 5.41) is 9.17. The Kier molecular flexibility index (Phi) is 4.61. The van der Waals surface area contributed by atoms with Crippen LogP contribution in [0.3, 0.4) is 0 Å². The maximum absolute atomic E-state index is 12.0. The van der Waals surface area contributed by atoms with E-state index >= 15 is 0 Å². The number of hydrogen-bond acceptors (Lipinski definition) is 5. The smallest absolute Gasteiger partial charge is 0.252 e. The molecule has 0 aliphatic carbocycles. The maximum atomic E-state index is 12.0. The molecule has 0 spiro atoms. The lowest BCUT2D eigenvalue weighted by Crippen LogP contribution is -2.22. The molecule has 1 heterocycles. The summed E-state index contributed by atoms with van der Waals surface area (Å²) in [5.74, 6) is 0.306. The molecule has 1 aromatic carbocycles. The number of nitrogens with two attached hydrogens (primary N) is 1. The molecule has 0 aliphatic rings. The highest BCUT2D eigenvalue weighted by molar-refractivity contribution is 7.91. The molecule has 0 radical (unpaired) electrons. The molecule has 0 unspecified atom stereocenters. The van der Waals surface area contributed by atoms with E-state index in [0.717, 1.165) is 16.9 Å². The van der Waals surface area contributed by atoms with Crippen LogP contribution in [0, 0.1) is 0 Å². The van der Waals surface area contributed by atoms with Crippen molar-refractivity contribution in [3.63, 3.8) is 0 Å². The number of thiophene rings is 1. The average molecular weight is 326 g/mol.